The zero-order valence-electron chi connectivity index (χ0n) is 20.6. The van der Waals surface area contributed by atoms with Crippen LogP contribution < -0.4 is 4.74 Å². The Bertz CT molecular complexity index is 835. The number of hydrogen-bond acceptors (Lipinski definition) is 2. The minimum Gasteiger partial charge on any atom is -0.426 e. The highest BCUT2D eigenvalue weighted by Gasteiger charge is 2.72. The van der Waals surface area contributed by atoms with Crippen LogP contribution in [-0.4, -0.2) is 24.0 Å². The summed E-state index contributed by atoms with van der Waals surface area (Å²) in [5, 5.41) is 0. The maximum absolute atomic E-state index is 13.5. The fraction of sp³-hybridized carbons (Fsp3) is 0.741. The van der Waals surface area contributed by atoms with Crippen LogP contribution in [0.4, 0.5) is 30.7 Å². The first-order valence-corrected chi connectivity index (χ1v) is 13.0. The lowest BCUT2D eigenvalue weighted by molar-refractivity contribution is -0.355. The molecule has 0 amide bonds. The standard InChI is InChI=1S/C27H35F7O2/c1-2-3-18-4-8-20(9-5-18)21-10-12-22(13-11-21)24(35)36-23-14-6-19(7-15-23)16-17-25(28,29)26(30,31)27(32,33)34/h6-7,14-15,18,20-22H,2-5,8-13,16-17H2,1H3. The number of halogens is 7. The van der Waals surface area contributed by atoms with Crippen LogP contribution in [0.5, 0.6) is 5.75 Å². The van der Waals surface area contributed by atoms with Gasteiger partial charge >= 0.3 is 24.0 Å². The second-order valence-corrected chi connectivity index (χ2v) is 10.5. The van der Waals surface area contributed by atoms with Crippen LogP contribution in [-0.2, 0) is 11.2 Å². The maximum atomic E-state index is 13.5. The van der Waals surface area contributed by atoms with Crippen molar-refractivity contribution in [2.24, 2.45) is 23.7 Å². The van der Waals surface area contributed by atoms with Gasteiger partial charge in [-0.05, 0) is 80.4 Å². The Labute approximate surface area is 208 Å². The zero-order chi connectivity index (χ0) is 26.6. The number of aryl methyl sites for hydroxylation is 1. The van der Waals surface area contributed by atoms with Gasteiger partial charge in [0, 0.05) is 6.42 Å². The fourth-order valence-electron chi connectivity index (χ4n) is 5.77. The molecule has 0 unspecified atom stereocenters. The van der Waals surface area contributed by atoms with Gasteiger partial charge in [0.25, 0.3) is 0 Å². The van der Waals surface area contributed by atoms with Crippen molar-refractivity contribution >= 4 is 5.97 Å². The van der Waals surface area contributed by atoms with Gasteiger partial charge in [-0.1, -0.05) is 44.7 Å². The van der Waals surface area contributed by atoms with Crippen molar-refractivity contribution in [2.45, 2.75) is 102 Å². The highest BCUT2D eigenvalue weighted by atomic mass is 19.4. The van der Waals surface area contributed by atoms with Gasteiger partial charge in [0.15, 0.2) is 0 Å². The van der Waals surface area contributed by atoms with Gasteiger partial charge in [0.1, 0.15) is 5.75 Å². The number of hydrogen-bond donors (Lipinski definition) is 0. The van der Waals surface area contributed by atoms with Gasteiger partial charge in [-0.15, -0.1) is 0 Å². The molecule has 0 saturated heterocycles. The van der Waals surface area contributed by atoms with E-state index < -0.39 is 30.9 Å². The molecule has 2 saturated carbocycles. The Morgan fingerprint density at radius 2 is 1.36 bits per heavy atom. The monoisotopic (exact) mass is 524 g/mol. The highest BCUT2D eigenvalue weighted by molar-refractivity contribution is 5.75. The van der Waals surface area contributed by atoms with Crippen LogP contribution >= 0.6 is 0 Å². The van der Waals surface area contributed by atoms with Crippen molar-refractivity contribution in [1.82, 2.24) is 0 Å². The molecule has 36 heavy (non-hydrogen) atoms. The summed E-state index contributed by atoms with van der Waals surface area (Å²) in [6.07, 6.45) is 2.55. The van der Waals surface area contributed by atoms with E-state index in [9.17, 15) is 35.5 Å². The molecule has 1 aromatic carbocycles. The van der Waals surface area contributed by atoms with Gasteiger partial charge < -0.3 is 4.74 Å². The molecule has 0 N–H and O–H groups in total. The molecule has 2 fully saturated rings. The second-order valence-electron chi connectivity index (χ2n) is 10.5. The minimum atomic E-state index is -6.33. The molecule has 3 rings (SSSR count). The molecule has 0 atom stereocenters. The molecular formula is C27H35F7O2. The van der Waals surface area contributed by atoms with Crippen molar-refractivity contribution in [3.8, 4) is 5.75 Å². The topological polar surface area (TPSA) is 26.3 Å². The third-order valence-corrected chi connectivity index (χ3v) is 8.05. The van der Waals surface area contributed by atoms with Crippen LogP contribution in [0.15, 0.2) is 24.3 Å². The number of ether oxygens (including phenoxy) is 1. The van der Waals surface area contributed by atoms with Crippen molar-refractivity contribution in [3.05, 3.63) is 29.8 Å². The summed E-state index contributed by atoms with van der Waals surface area (Å²) in [6.45, 7) is 2.23. The third-order valence-electron chi connectivity index (χ3n) is 8.05. The van der Waals surface area contributed by atoms with E-state index in [2.05, 4.69) is 6.92 Å². The molecule has 0 heterocycles. The summed E-state index contributed by atoms with van der Waals surface area (Å²) < 4.78 is 95.3. The van der Waals surface area contributed by atoms with Gasteiger partial charge in [-0.2, -0.15) is 30.7 Å². The lowest BCUT2D eigenvalue weighted by Crippen LogP contribution is -2.52. The van der Waals surface area contributed by atoms with E-state index in [1.165, 1.54) is 62.8 Å². The molecule has 204 valence electrons. The van der Waals surface area contributed by atoms with E-state index >= 15 is 0 Å². The number of benzene rings is 1. The average molecular weight is 525 g/mol. The van der Waals surface area contributed by atoms with Crippen LogP contribution in [0.3, 0.4) is 0 Å². The normalized spacial score (nSPS) is 26.0. The van der Waals surface area contributed by atoms with E-state index in [0.717, 1.165) is 37.5 Å². The third kappa shape index (κ3) is 6.94. The number of rotatable bonds is 9. The lowest BCUT2D eigenvalue weighted by atomic mass is 9.69. The van der Waals surface area contributed by atoms with Gasteiger partial charge in [-0.25, -0.2) is 0 Å². The zero-order valence-corrected chi connectivity index (χ0v) is 20.6. The largest absolute Gasteiger partial charge is 0.459 e. The summed E-state index contributed by atoms with van der Waals surface area (Å²) in [7, 11) is 0. The molecular weight excluding hydrogens is 489 g/mol. The van der Waals surface area contributed by atoms with E-state index in [1.54, 1.807) is 0 Å². The number of alkyl halides is 7. The number of carbonyl (C=O) groups is 1. The molecule has 2 aliphatic rings. The Hall–Kier alpha value is -1.80. The first-order valence-electron chi connectivity index (χ1n) is 13.0. The van der Waals surface area contributed by atoms with Crippen molar-refractivity contribution in [3.63, 3.8) is 0 Å². The molecule has 0 radical (unpaired) electrons. The molecule has 0 bridgehead atoms. The molecule has 2 nitrogen and oxygen atoms in total. The van der Waals surface area contributed by atoms with E-state index in [-0.39, 0.29) is 23.2 Å². The van der Waals surface area contributed by atoms with Crippen molar-refractivity contribution < 1.29 is 40.3 Å². The lowest BCUT2D eigenvalue weighted by Gasteiger charge is -2.37. The highest BCUT2D eigenvalue weighted by Crippen LogP contribution is 2.48. The predicted octanol–water partition coefficient (Wildman–Crippen LogP) is 8.77. The summed E-state index contributed by atoms with van der Waals surface area (Å²) in [5.41, 5.74) is 0.140. The van der Waals surface area contributed by atoms with Crippen LogP contribution in [0.2, 0.25) is 0 Å². The Kier molecular flexibility index (Phi) is 9.36. The van der Waals surface area contributed by atoms with Crippen LogP contribution in [0.1, 0.15) is 83.1 Å². The Morgan fingerprint density at radius 3 is 1.86 bits per heavy atom. The second kappa shape index (κ2) is 11.7. The van der Waals surface area contributed by atoms with Crippen molar-refractivity contribution in [2.75, 3.05) is 0 Å². The average Bonchev–Trinajstić information content (AvgIpc) is 2.83. The molecule has 1 aromatic rings. The molecule has 0 aliphatic heterocycles. The first kappa shape index (κ1) is 28.8. The minimum absolute atomic E-state index is 0.140. The Balaban J connectivity index is 1.43. The van der Waals surface area contributed by atoms with E-state index in [4.69, 9.17) is 4.74 Å². The predicted molar refractivity (Wildman–Crippen MR) is 122 cm³/mol. The maximum Gasteiger partial charge on any atom is 0.459 e. The van der Waals surface area contributed by atoms with Gasteiger partial charge in [-0.3, -0.25) is 4.79 Å². The first-order chi connectivity index (χ1) is 16.8. The Morgan fingerprint density at radius 1 is 0.833 bits per heavy atom. The molecule has 0 aromatic heterocycles. The quantitative estimate of drug-likeness (QED) is 0.183. The fourth-order valence-corrected chi connectivity index (χ4v) is 5.77. The van der Waals surface area contributed by atoms with Crippen LogP contribution in [0.25, 0.3) is 0 Å². The van der Waals surface area contributed by atoms with Crippen LogP contribution in [0, 0.1) is 23.7 Å². The summed E-state index contributed by atoms with van der Waals surface area (Å²) in [5.74, 6) is -9.46. The molecule has 0 spiro atoms. The van der Waals surface area contributed by atoms with Crippen molar-refractivity contribution in [1.29, 1.82) is 0 Å². The number of esters is 1. The number of carbonyl (C=O) groups excluding carboxylic acids is 1. The summed E-state index contributed by atoms with van der Waals surface area (Å²) in [6, 6.07) is 5.26. The van der Waals surface area contributed by atoms with Gasteiger partial charge in [0.05, 0.1) is 5.92 Å². The van der Waals surface area contributed by atoms with E-state index in [1.807, 2.05) is 0 Å². The molecule has 9 heteroatoms. The SMILES string of the molecule is CCCC1CCC(C2CCC(C(=O)Oc3ccc(CCC(F)(F)C(F)(F)C(F)(F)F)cc3)CC2)CC1. The summed E-state index contributed by atoms with van der Waals surface area (Å²) in [4.78, 5) is 12.6. The van der Waals surface area contributed by atoms with Gasteiger partial charge in [0.2, 0.25) is 0 Å². The molecule has 2 aliphatic carbocycles. The smallest absolute Gasteiger partial charge is 0.426 e. The summed E-state index contributed by atoms with van der Waals surface area (Å²) >= 11 is 0. The van der Waals surface area contributed by atoms with E-state index in [0.29, 0.717) is 5.92 Å².